The summed E-state index contributed by atoms with van der Waals surface area (Å²) in [7, 11) is 1.51. The number of ketones is 1. The number of aromatic nitrogens is 1. The van der Waals surface area contributed by atoms with Gasteiger partial charge in [0.2, 0.25) is 5.78 Å². The third-order valence-corrected chi connectivity index (χ3v) is 7.40. The van der Waals surface area contributed by atoms with Crippen LogP contribution < -0.4 is 4.74 Å². The van der Waals surface area contributed by atoms with Crippen LogP contribution in [-0.4, -0.2) is 30.0 Å². The highest BCUT2D eigenvalue weighted by Crippen LogP contribution is 2.43. The van der Waals surface area contributed by atoms with E-state index in [0.717, 1.165) is 28.5 Å². The van der Waals surface area contributed by atoms with Crippen LogP contribution in [0.4, 0.5) is 0 Å². The molecule has 0 radical (unpaired) electrons. The van der Waals surface area contributed by atoms with Gasteiger partial charge in [0.25, 0.3) is 0 Å². The maximum absolute atomic E-state index is 12.8. The van der Waals surface area contributed by atoms with Crippen molar-refractivity contribution in [2.45, 2.75) is 20.4 Å². The fourth-order valence-corrected chi connectivity index (χ4v) is 5.31. The molecule has 0 aliphatic carbocycles. The van der Waals surface area contributed by atoms with Gasteiger partial charge in [-0.15, -0.1) is 11.3 Å². The second kappa shape index (κ2) is 9.02. The second-order valence-electron chi connectivity index (χ2n) is 7.15. The maximum Gasteiger partial charge on any atom is 0.350 e. The van der Waals surface area contributed by atoms with Crippen molar-refractivity contribution in [2.75, 3.05) is 13.7 Å². The van der Waals surface area contributed by atoms with Crippen LogP contribution >= 0.6 is 34.5 Å². The molecule has 32 heavy (non-hydrogen) atoms. The molecule has 0 unspecified atom stereocenters. The Labute approximate surface area is 198 Å². The average molecular weight is 492 g/mol. The van der Waals surface area contributed by atoms with Crippen molar-refractivity contribution in [1.82, 2.24) is 4.57 Å². The Morgan fingerprint density at radius 2 is 1.94 bits per heavy atom. The Hall–Kier alpha value is -2.74. The first-order chi connectivity index (χ1) is 15.3. The van der Waals surface area contributed by atoms with Gasteiger partial charge in [0.15, 0.2) is 6.61 Å². The molecule has 0 saturated carbocycles. The van der Waals surface area contributed by atoms with Crippen molar-refractivity contribution < 1.29 is 23.5 Å². The molecule has 166 valence electrons. The molecule has 0 atom stereocenters. The number of thiophene rings is 1. The number of carbonyl (C=O) groups excluding carboxylic acids is 2. The molecule has 1 aromatic carbocycles. The molecule has 4 rings (SSSR count). The van der Waals surface area contributed by atoms with Gasteiger partial charge in [-0.05, 0) is 44.2 Å². The first kappa shape index (κ1) is 22.5. The van der Waals surface area contributed by atoms with Crippen molar-refractivity contribution in [2.24, 2.45) is 0 Å². The lowest BCUT2D eigenvalue weighted by Crippen LogP contribution is -2.14. The number of hydrogen-bond donors (Lipinski definition) is 0. The number of hydrogen-bond acceptors (Lipinski definition) is 6. The predicted octanol–water partition coefficient (Wildman–Crippen LogP) is 6.32. The number of ether oxygens (including phenoxy) is 2. The Bertz CT molecular complexity index is 1320. The fourth-order valence-electron chi connectivity index (χ4n) is 3.53. The van der Waals surface area contributed by atoms with Crippen molar-refractivity contribution in [1.29, 1.82) is 0 Å². The van der Waals surface area contributed by atoms with Crippen LogP contribution in [0.2, 0.25) is 10.0 Å². The van der Waals surface area contributed by atoms with Crippen LogP contribution in [0.15, 0.2) is 41.0 Å². The first-order valence-electron chi connectivity index (χ1n) is 9.65. The third kappa shape index (κ3) is 4.03. The second-order valence-corrected chi connectivity index (χ2v) is 8.93. The van der Waals surface area contributed by atoms with E-state index in [4.69, 9.17) is 37.1 Å². The van der Waals surface area contributed by atoms with E-state index in [1.165, 1.54) is 7.11 Å². The van der Waals surface area contributed by atoms with Crippen LogP contribution in [0.1, 0.15) is 37.2 Å². The first-order valence-corrected chi connectivity index (χ1v) is 11.2. The smallest absolute Gasteiger partial charge is 0.350 e. The van der Waals surface area contributed by atoms with E-state index < -0.39 is 12.6 Å². The molecule has 0 spiro atoms. The molecule has 0 aliphatic heterocycles. The van der Waals surface area contributed by atoms with Gasteiger partial charge in [0.05, 0.1) is 29.6 Å². The molecule has 0 bridgehead atoms. The van der Waals surface area contributed by atoms with Gasteiger partial charge in [-0.3, -0.25) is 4.79 Å². The summed E-state index contributed by atoms with van der Waals surface area (Å²) in [6, 6.07) is 8.89. The number of aryl methyl sites for hydroxylation is 1. The number of esters is 1. The third-order valence-electron chi connectivity index (χ3n) is 5.21. The molecule has 0 saturated heterocycles. The highest BCUT2D eigenvalue weighted by Gasteiger charge is 2.23. The molecule has 3 aromatic heterocycles. The number of halogens is 2. The zero-order valence-corrected chi connectivity index (χ0v) is 19.9. The van der Waals surface area contributed by atoms with Gasteiger partial charge in [0.1, 0.15) is 21.4 Å². The Morgan fingerprint density at radius 1 is 1.16 bits per heavy atom. The van der Waals surface area contributed by atoms with Crippen LogP contribution in [0.25, 0.3) is 10.1 Å². The molecule has 3 heterocycles. The zero-order valence-electron chi connectivity index (χ0n) is 17.5. The van der Waals surface area contributed by atoms with Crippen LogP contribution in [-0.2, 0) is 11.3 Å². The highest BCUT2D eigenvalue weighted by atomic mass is 35.5. The lowest BCUT2D eigenvalue weighted by molar-refractivity contribution is 0.0479. The number of rotatable bonds is 7. The number of furan rings is 1. The summed E-state index contributed by atoms with van der Waals surface area (Å²) < 4.78 is 18.5. The van der Waals surface area contributed by atoms with Gasteiger partial charge < -0.3 is 18.5 Å². The standard InChI is InChI=1S/C23H19Cl2NO5S/c1-12-9-16(13(2)26(12)10-14-5-4-8-30-14)17(27)11-31-23(28)22-19(24)15-6-7-18(29-3)20(25)21(15)32-22/h4-9H,10-11H2,1-3H3. The quantitative estimate of drug-likeness (QED) is 0.223. The normalized spacial score (nSPS) is 11.2. The summed E-state index contributed by atoms with van der Waals surface area (Å²) in [6.45, 7) is 3.88. The summed E-state index contributed by atoms with van der Waals surface area (Å²) in [5.41, 5.74) is 2.18. The Balaban J connectivity index is 1.51. The SMILES string of the molecule is COc1ccc2c(Cl)c(C(=O)OCC(=O)c3cc(C)n(Cc4ccco4)c3C)sc2c1Cl. The molecule has 0 fully saturated rings. The van der Waals surface area contributed by atoms with E-state index in [0.29, 0.717) is 33.0 Å². The van der Waals surface area contributed by atoms with Crippen molar-refractivity contribution in [3.8, 4) is 5.75 Å². The minimum atomic E-state index is -0.677. The van der Waals surface area contributed by atoms with Gasteiger partial charge in [-0.1, -0.05) is 23.2 Å². The lowest BCUT2D eigenvalue weighted by Gasteiger charge is -2.08. The van der Waals surface area contributed by atoms with E-state index in [2.05, 4.69) is 0 Å². The minimum Gasteiger partial charge on any atom is -0.495 e. The minimum absolute atomic E-state index is 0.188. The fraction of sp³-hybridized carbons (Fsp3) is 0.217. The van der Waals surface area contributed by atoms with E-state index >= 15 is 0 Å². The Kier molecular flexibility index (Phi) is 6.33. The number of carbonyl (C=O) groups is 2. The maximum atomic E-state index is 12.8. The van der Waals surface area contributed by atoms with E-state index in [1.54, 1.807) is 24.5 Å². The zero-order chi connectivity index (χ0) is 23.0. The monoisotopic (exact) mass is 491 g/mol. The predicted molar refractivity (Wildman–Crippen MR) is 125 cm³/mol. The van der Waals surface area contributed by atoms with Crippen LogP contribution in [0.5, 0.6) is 5.75 Å². The molecule has 0 amide bonds. The molecule has 9 heteroatoms. The van der Waals surface area contributed by atoms with E-state index in [1.807, 2.05) is 30.5 Å². The molecule has 4 aromatic rings. The van der Waals surface area contributed by atoms with Crippen LogP contribution in [0.3, 0.4) is 0 Å². The Morgan fingerprint density at radius 3 is 2.62 bits per heavy atom. The molecule has 6 nitrogen and oxygen atoms in total. The van der Waals surface area contributed by atoms with E-state index in [9.17, 15) is 9.59 Å². The van der Waals surface area contributed by atoms with Crippen molar-refractivity contribution >= 4 is 56.4 Å². The average Bonchev–Trinajstić information content (AvgIpc) is 3.48. The summed E-state index contributed by atoms with van der Waals surface area (Å²) in [4.78, 5) is 25.6. The number of fused-ring (bicyclic) bond motifs is 1. The molecular formula is C23H19Cl2NO5S. The van der Waals surface area contributed by atoms with Crippen LogP contribution in [0, 0.1) is 13.8 Å². The van der Waals surface area contributed by atoms with Gasteiger partial charge in [-0.25, -0.2) is 4.79 Å². The molecule has 0 aliphatic rings. The topological polar surface area (TPSA) is 70.7 Å². The van der Waals surface area contributed by atoms with Gasteiger partial charge in [0, 0.05) is 22.3 Å². The number of nitrogens with zero attached hydrogens (tertiary/aromatic N) is 1. The van der Waals surface area contributed by atoms with Gasteiger partial charge >= 0.3 is 5.97 Å². The summed E-state index contributed by atoms with van der Waals surface area (Å²) in [6.07, 6.45) is 1.61. The summed E-state index contributed by atoms with van der Waals surface area (Å²) in [5.74, 6) is 0.294. The molecule has 0 N–H and O–H groups in total. The van der Waals surface area contributed by atoms with Crippen molar-refractivity contribution in [3.05, 3.63) is 74.2 Å². The lowest BCUT2D eigenvalue weighted by atomic mass is 10.1. The number of benzene rings is 1. The van der Waals surface area contributed by atoms with Gasteiger partial charge in [-0.2, -0.15) is 0 Å². The highest BCUT2D eigenvalue weighted by molar-refractivity contribution is 7.22. The molecular weight excluding hydrogens is 473 g/mol. The number of Topliss-reactive ketones (excluding diaryl/α,β-unsaturated/α-hetero) is 1. The summed E-state index contributed by atoms with van der Waals surface area (Å²) >= 11 is 13.8. The largest absolute Gasteiger partial charge is 0.495 e. The van der Waals surface area contributed by atoms with Crippen molar-refractivity contribution in [3.63, 3.8) is 0 Å². The number of methoxy groups -OCH3 is 1. The summed E-state index contributed by atoms with van der Waals surface area (Å²) in [5, 5.41) is 1.24. The van der Waals surface area contributed by atoms with E-state index in [-0.39, 0.29) is 15.7 Å².